The first kappa shape index (κ1) is 27.5. The van der Waals surface area contributed by atoms with E-state index in [1.165, 1.54) is 17.8 Å². The molecule has 0 aromatic heterocycles. The van der Waals surface area contributed by atoms with Gasteiger partial charge in [0, 0.05) is 42.5 Å². The van der Waals surface area contributed by atoms with Crippen molar-refractivity contribution in [2.45, 2.75) is 22.4 Å². The first-order valence-corrected chi connectivity index (χ1v) is 14.2. The summed E-state index contributed by atoms with van der Waals surface area (Å²) in [4.78, 5) is 46.8. The number of hydrogen-bond donors (Lipinski definition) is 0. The Labute approximate surface area is 239 Å². The molecular weight excluding hydrogens is 553 g/mol. The zero-order valence-electron chi connectivity index (χ0n) is 22.1. The molecule has 0 unspecified atom stereocenters. The Bertz CT molecular complexity index is 1490. The third-order valence-electron chi connectivity index (χ3n) is 7.68. The maximum atomic E-state index is 13.5. The summed E-state index contributed by atoms with van der Waals surface area (Å²) in [5, 5.41) is 0. The van der Waals surface area contributed by atoms with Crippen molar-refractivity contribution in [3.8, 4) is 0 Å². The second-order valence-corrected chi connectivity index (χ2v) is 11.3. The summed E-state index contributed by atoms with van der Waals surface area (Å²) in [5.74, 6) is -1.67. The maximum absolute atomic E-state index is 13.5. The van der Waals surface area contributed by atoms with Crippen LogP contribution in [0.3, 0.4) is 0 Å². The fourth-order valence-electron chi connectivity index (χ4n) is 5.55. The van der Waals surface area contributed by atoms with Crippen LogP contribution < -0.4 is 4.90 Å². The van der Waals surface area contributed by atoms with Crippen LogP contribution >= 0.6 is 11.8 Å². The molecule has 0 saturated carbocycles. The van der Waals surface area contributed by atoms with Crippen molar-refractivity contribution in [2.24, 2.45) is 0 Å². The highest BCUT2D eigenvalue weighted by molar-refractivity contribution is 7.99. The molecule has 3 aliphatic heterocycles. The van der Waals surface area contributed by atoms with Gasteiger partial charge in [-0.3, -0.25) is 19.3 Å². The van der Waals surface area contributed by atoms with Gasteiger partial charge in [0.15, 0.2) is 0 Å². The number of rotatable bonds is 6. The third kappa shape index (κ3) is 5.37. The topological polar surface area (TPSA) is 64.2 Å². The molecule has 0 atom stereocenters. The lowest BCUT2D eigenvalue weighted by molar-refractivity contribution is -0.137. The average molecular weight is 581 g/mol. The Hall–Kier alpha value is -3.67. The molecule has 1 saturated heterocycles. The Morgan fingerprint density at radius 3 is 2.05 bits per heavy atom. The van der Waals surface area contributed by atoms with Gasteiger partial charge in [0.25, 0.3) is 17.7 Å². The van der Waals surface area contributed by atoms with Crippen LogP contribution in [0.2, 0.25) is 0 Å². The Balaban J connectivity index is 1.04. The summed E-state index contributed by atoms with van der Waals surface area (Å²) in [7, 11) is 0. The van der Waals surface area contributed by atoms with Gasteiger partial charge >= 0.3 is 6.18 Å². The normalized spacial score (nSPS) is 17.4. The number of para-hydroxylation sites is 1. The van der Waals surface area contributed by atoms with E-state index in [0.717, 1.165) is 39.4 Å². The van der Waals surface area contributed by atoms with Gasteiger partial charge in [-0.2, -0.15) is 13.2 Å². The smallest absolute Gasteiger partial charge is 0.340 e. The number of amides is 3. The van der Waals surface area contributed by atoms with Crippen molar-refractivity contribution in [3.05, 3.63) is 83.4 Å². The summed E-state index contributed by atoms with van der Waals surface area (Å²) < 4.78 is 40.4. The van der Waals surface area contributed by atoms with Gasteiger partial charge in [-0.25, -0.2) is 4.90 Å². The number of imide groups is 3. The predicted octanol–water partition coefficient (Wildman–Crippen LogP) is 5.14. The lowest BCUT2D eigenvalue weighted by Crippen LogP contribution is -2.51. The molecule has 0 N–H and O–H groups in total. The SMILES string of the molecule is O=C(CN1CCN(CCCN2c3ccccc3Sc3ccc(C(F)(F)F)cc32)CC1)N1C(=O)c2ccccc2C1=O. The number of halogens is 3. The monoisotopic (exact) mass is 580 g/mol. The molecule has 0 bridgehead atoms. The summed E-state index contributed by atoms with van der Waals surface area (Å²) in [6, 6.07) is 18.1. The Kier molecular flexibility index (Phi) is 7.35. The van der Waals surface area contributed by atoms with Crippen molar-refractivity contribution in [1.82, 2.24) is 14.7 Å². The number of hydrogen-bond acceptors (Lipinski definition) is 7. The number of alkyl halides is 3. The largest absolute Gasteiger partial charge is 0.416 e. The van der Waals surface area contributed by atoms with Crippen LogP contribution in [0.4, 0.5) is 24.5 Å². The Morgan fingerprint density at radius 1 is 0.756 bits per heavy atom. The van der Waals surface area contributed by atoms with Gasteiger partial charge in [-0.05, 0) is 55.4 Å². The molecular formula is C30H27F3N4O3S. The number of piperazine rings is 1. The molecule has 212 valence electrons. The molecule has 3 aromatic rings. The number of fused-ring (bicyclic) bond motifs is 3. The molecule has 3 amide bonds. The highest BCUT2D eigenvalue weighted by Gasteiger charge is 2.40. The zero-order chi connectivity index (χ0) is 28.7. The zero-order valence-corrected chi connectivity index (χ0v) is 22.9. The highest BCUT2D eigenvalue weighted by Crippen LogP contribution is 2.49. The lowest BCUT2D eigenvalue weighted by Gasteiger charge is -2.36. The van der Waals surface area contributed by atoms with Gasteiger partial charge < -0.3 is 9.80 Å². The summed E-state index contributed by atoms with van der Waals surface area (Å²) in [5.41, 5.74) is 1.32. The quantitative estimate of drug-likeness (QED) is 0.375. The van der Waals surface area contributed by atoms with Gasteiger partial charge in [-0.15, -0.1) is 0 Å². The van der Waals surface area contributed by atoms with Crippen LogP contribution in [0.5, 0.6) is 0 Å². The molecule has 3 aliphatic rings. The van der Waals surface area contributed by atoms with E-state index >= 15 is 0 Å². The van der Waals surface area contributed by atoms with Crippen molar-refractivity contribution in [2.75, 3.05) is 50.7 Å². The third-order valence-corrected chi connectivity index (χ3v) is 8.81. The summed E-state index contributed by atoms with van der Waals surface area (Å²) in [6.45, 7) is 3.92. The molecule has 0 radical (unpaired) electrons. The van der Waals surface area contributed by atoms with E-state index in [-0.39, 0.29) is 17.7 Å². The molecule has 0 spiro atoms. The fraction of sp³-hybridized carbons (Fsp3) is 0.300. The van der Waals surface area contributed by atoms with Gasteiger partial charge in [0.05, 0.1) is 34.6 Å². The first-order valence-electron chi connectivity index (χ1n) is 13.4. The van der Waals surface area contributed by atoms with Crippen LogP contribution in [-0.4, -0.2) is 78.2 Å². The number of benzene rings is 3. The van der Waals surface area contributed by atoms with Crippen LogP contribution in [0.15, 0.2) is 76.5 Å². The van der Waals surface area contributed by atoms with E-state index in [1.807, 2.05) is 34.1 Å². The minimum atomic E-state index is -4.41. The molecule has 41 heavy (non-hydrogen) atoms. The van der Waals surface area contributed by atoms with E-state index in [1.54, 1.807) is 30.3 Å². The molecule has 1 fully saturated rings. The molecule has 7 nitrogen and oxygen atoms in total. The van der Waals surface area contributed by atoms with Gasteiger partial charge in [0.2, 0.25) is 0 Å². The lowest BCUT2D eigenvalue weighted by atomic mass is 10.1. The molecule has 3 heterocycles. The number of nitrogens with zero attached hydrogens (tertiary/aromatic N) is 4. The average Bonchev–Trinajstić information content (AvgIpc) is 3.22. The number of carbonyl (C=O) groups is 3. The first-order chi connectivity index (χ1) is 19.7. The number of anilines is 2. The second kappa shape index (κ2) is 11.0. The van der Waals surface area contributed by atoms with Gasteiger partial charge in [-0.1, -0.05) is 36.0 Å². The van der Waals surface area contributed by atoms with Gasteiger partial charge in [0.1, 0.15) is 0 Å². The van der Waals surface area contributed by atoms with Crippen LogP contribution in [0.25, 0.3) is 0 Å². The van der Waals surface area contributed by atoms with E-state index in [9.17, 15) is 27.6 Å². The summed E-state index contributed by atoms with van der Waals surface area (Å²) >= 11 is 1.48. The minimum absolute atomic E-state index is 0.0140. The highest BCUT2D eigenvalue weighted by atomic mass is 32.2. The summed E-state index contributed by atoms with van der Waals surface area (Å²) in [6.07, 6.45) is -3.68. The second-order valence-electron chi connectivity index (χ2n) is 10.3. The molecule has 6 rings (SSSR count). The van der Waals surface area contributed by atoms with Crippen LogP contribution in [0, 0.1) is 0 Å². The van der Waals surface area contributed by atoms with E-state index < -0.39 is 29.5 Å². The number of carbonyl (C=O) groups excluding carboxylic acids is 3. The van der Waals surface area contributed by atoms with E-state index in [4.69, 9.17) is 0 Å². The standard InChI is InChI=1S/C30H27F3N4O3S/c31-30(32,33)20-10-11-26-24(18-20)36(23-8-3-4-9-25(23)41-26)13-5-12-34-14-16-35(17-15-34)19-27(38)37-28(39)21-6-1-2-7-22(21)29(37)40/h1-4,6-11,18H,5,12-17,19H2. The minimum Gasteiger partial charge on any atom is -0.340 e. The predicted molar refractivity (Wildman–Crippen MR) is 148 cm³/mol. The maximum Gasteiger partial charge on any atom is 0.416 e. The fourth-order valence-corrected chi connectivity index (χ4v) is 6.62. The van der Waals surface area contributed by atoms with Crippen molar-refractivity contribution >= 4 is 40.9 Å². The molecule has 0 aliphatic carbocycles. The van der Waals surface area contributed by atoms with E-state index in [0.29, 0.717) is 38.4 Å². The molecule has 3 aromatic carbocycles. The van der Waals surface area contributed by atoms with Crippen molar-refractivity contribution < 1.29 is 27.6 Å². The van der Waals surface area contributed by atoms with Crippen molar-refractivity contribution in [1.29, 1.82) is 0 Å². The van der Waals surface area contributed by atoms with Crippen molar-refractivity contribution in [3.63, 3.8) is 0 Å². The molecule has 11 heteroatoms. The van der Waals surface area contributed by atoms with Crippen LogP contribution in [-0.2, 0) is 11.0 Å². The van der Waals surface area contributed by atoms with E-state index in [2.05, 4.69) is 4.90 Å². The van der Waals surface area contributed by atoms with Crippen LogP contribution in [0.1, 0.15) is 32.7 Å². The Morgan fingerprint density at radius 2 is 1.37 bits per heavy atom.